The summed E-state index contributed by atoms with van der Waals surface area (Å²) in [6.07, 6.45) is 2.06. The molecule has 1 aliphatic heterocycles. The van der Waals surface area contributed by atoms with Crippen molar-refractivity contribution in [3.8, 4) is 11.3 Å². The number of aromatic nitrogens is 1. The number of anilines is 1. The summed E-state index contributed by atoms with van der Waals surface area (Å²) in [5, 5.41) is 0.597. The Hall–Kier alpha value is -4.43. The van der Waals surface area contributed by atoms with Crippen LogP contribution in [0.1, 0.15) is 46.5 Å². The van der Waals surface area contributed by atoms with E-state index in [0.29, 0.717) is 33.4 Å². The zero-order valence-corrected chi connectivity index (χ0v) is 26.0. The fourth-order valence-corrected chi connectivity index (χ4v) is 7.77. The second kappa shape index (κ2) is 10.6. The molecule has 2 amide bonds. The summed E-state index contributed by atoms with van der Waals surface area (Å²) >= 11 is 3.52. The van der Waals surface area contributed by atoms with Gasteiger partial charge in [0, 0.05) is 21.0 Å². The molecule has 3 aromatic carbocycles. The number of allylic oxidation sites excluding steroid dienone is 2. The van der Waals surface area contributed by atoms with Gasteiger partial charge in [-0.25, -0.2) is 9.78 Å². The third-order valence-corrected chi connectivity index (χ3v) is 9.76. The van der Waals surface area contributed by atoms with Crippen LogP contribution in [-0.4, -0.2) is 34.7 Å². The second-order valence-electron chi connectivity index (χ2n) is 12.0. The van der Waals surface area contributed by atoms with Gasteiger partial charge in [0.05, 0.1) is 34.3 Å². The second-order valence-corrected chi connectivity index (χ2v) is 12.9. The van der Waals surface area contributed by atoms with E-state index in [1.165, 1.54) is 10.5 Å². The van der Waals surface area contributed by atoms with Crippen LogP contribution in [0.2, 0.25) is 0 Å². The van der Waals surface area contributed by atoms with E-state index in [2.05, 4.69) is 28.9 Å². The van der Waals surface area contributed by atoms with Crippen LogP contribution in [0, 0.1) is 30.6 Å². The van der Waals surface area contributed by atoms with Gasteiger partial charge >= 0.3 is 5.97 Å². The molecule has 2 bridgehead atoms. The van der Waals surface area contributed by atoms with Crippen molar-refractivity contribution in [1.29, 1.82) is 0 Å². The number of ether oxygens (including phenoxy) is 1. The molecule has 2 fully saturated rings. The molecular weight excluding hydrogens is 620 g/mol. The first-order valence-corrected chi connectivity index (χ1v) is 15.5. The minimum absolute atomic E-state index is 0.123. The van der Waals surface area contributed by atoms with Crippen molar-refractivity contribution < 1.29 is 23.9 Å². The number of fused-ring (bicyclic) bond motifs is 6. The summed E-state index contributed by atoms with van der Waals surface area (Å²) in [6.45, 7) is 5.53. The number of carbonyl (C=O) groups is 4. The fraction of sp³-hybridized carbons (Fsp3) is 0.250. The summed E-state index contributed by atoms with van der Waals surface area (Å²) in [6, 6.07) is 21.2. The molecule has 1 saturated carbocycles. The van der Waals surface area contributed by atoms with Crippen LogP contribution in [0.4, 0.5) is 5.69 Å². The lowest BCUT2D eigenvalue weighted by Crippen LogP contribution is -2.32. The van der Waals surface area contributed by atoms with Gasteiger partial charge in [0.1, 0.15) is 0 Å². The Morgan fingerprint density at radius 1 is 0.955 bits per heavy atom. The minimum atomic E-state index is -0.992. The number of nitrogens with zero attached hydrogens (tertiary/aromatic N) is 2. The number of rotatable bonds is 6. The molecule has 2 heterocycles. The number of benzene rings is 3. The number of hydrogen-bond donors (Lipinski definition) is 0. The monoisotopic (exact) mass is 648 g/mol. The van der Waals surface area contributed by atoms with Gasteiger partial charge in [-0.2, -0.15) is 0 Å². The predicted octanol–water partition coefficient (Wildman–Crippen LogP) is 7.10. The first-order chi connectivity index (χ1) is 21.1. The van der Waals surface area contributed by atoms with E-state index in [-0.39, 0.29) is 46.8 Å². The Morgan fingerprint density at radius 3 is 2.39 bits per heavy atom. The van der Waals surface area contributed by atoms with Crippen molar-refractivity contribution in [2.75, 3.05) is 4.90 Å². The maximum absolute atomic E-state index is 13.6. The topological polar surface area (TPSA) is 93.6 Å². The van der Waals surface area contributed by atoms with Crippen LogP contribution in [0.3, 0.4) is 0 Å². The number of aryl methyl sites for hydroxylation is 1. The first kappa shape index (κ1) is 28.3. The number of ketones is 1. The average Bonchev–Trinajstić information content (AvgIpc) is 3.66. The van der Waals surface area contributed by atoms with Gasteiger partial charge in [-0.1, -0.05) is 70.0 Å². The van der Waals surface area contributed by atoms with Crippen LogP contribution in [0.5, 0.6) is 0 Å². The van der Waals surface area contributed by atoms with Crippen LogP contribution >= 0.6 is 15.9 Å². The smallest absolute Gasteiger partial charge is 0.339 e. The van der Waals surface area contributed by atoms with Crippen LogP contribution < -0.4 is 4.90 Å². The van der Waals surface area contributed by atoms with E-state index < -0.39 is 12.1 Å². The van der Waals surface area contributed by atoms with E-state index in [9.17, 15) is 19.2 Å². The van der Waals surface area contributed by atoms with Crippen LogP contribution in [0.25, 0.3) is 22.2 Å². The molecule has 7 nitrogen and oxygen atoms in total. The van der Waals surface area contributed by atoms with Gasteiger partial charge < -0.3 is 4.74 Å². The Labute approximate surface area is 263 Å². The van der Waals surface area contributed by atoms with Gasteiger partial charge in [0.25, 0.3) is 0 Å². The van der Waals surface area contributed by atoms with E-state index in [4.69, 9.17) is 9.72 Å². The SMILES string of the molecule is CC1=CC2CC1C1C(=O)N(c3ccc(-c4cc(C(=O)OC(C)C(=O)c5ccccc5)c5cc(Br)cc(C)c5n4)cc3)C(=O)C21. The fourth-order valence-electron chi connectivity index (χ4n) is 7.20. The molecule has 1 saturated heterocycles. The number of esters is 1. The molecule has 1 aromatic heterocycles. The zero-order chi connectivity index (χ0) is 30.9. The van der Waals surface area contributed by atoms with E-state index in [1.807, 2.05) is 25.1 Å². The third kappa shape index (κ3) is 4.51. The van der Waals surface area contributed by atoms with Crippen molar-refractivity contribution in [1.82, 2.24) is 4.98 Å². The molecule has 4 aromatic rings. The molecule has 0 N–H and O–H groups in total. The maximum Gasteiger partial charge on any atom is 0.339 e. The standard InChI is InChI=1S/C36H29BrN2O5/c1-18-13-23-15-26(18)31-30(23)34(41)39(35(31)42)25-11-9-21(10-12-25)29-17-28(27-16-24(37)14-19(2)32(27)38-29)36(43)44-20(3)33(40)22-7-5-4-6-8-22/h4-14,16-17,20,23,26,30-31H,15H2,1-3H3. The molecule has 2 aliphatic carbocycles. The van der Waals surface area contributed by atoms with Gasteiger partial charge in [-0.15, -0.1) is 0 Å². The number of amides is 2. The Bertz CT molecular complexity index is 1920. The maximum atomic E-state index is 13.6. The van der Waals surface area contributed by atoms with Crippen molar-refractivity contribution in [2.24, 2.45) is 23.7 Å². The molecule has 5 unspecified atom stereocenters. The molecule has 8 heteroatoms. The molecule has 220 valence electrons. The highest BCUT2D eigenvalue weighted by atomic mass is 79.9. The Kier molecular flexibility index (Phi) is 6.85. The molecule has 44 heavy (non-hydrogen) atoms. The van der Waals surface area contributed by atoms with Crippen molar-refractivity contribution in [3.05, 3.63) is 106 Å². The van der Waals surface area contributed by atoms with Crippen LogP contribution in [-0.2, 0) is 14.3 Å². The number of halogens is 1. The average molecular weight is 650 g/mol. The lowest BCUT2D eigenvalue weighted by molar-refractivity contribution is -0.123. The van der Waals surface area contributed by atoms with E-state index in [1.54, 1.807) is 61.5 Å². The lowest BCUT2D eigenvalue weighted by Gasteiger charge is -2.19. The largest absolute Gasteiger partial charge is 0.451 e. The van der Waals surface area contributed by atoms with Crippen molar-refractivity contribution in [3.63, 3.8) is 0 Å². The molecule has 7 rings (SSSR count). The predicted molar refractivity (Wildman–Crippen MR) is 170 cm³/mol. The molecular formula is C36H29BrN2O5. The summed E-state index contributed by atoms with van der Waals surface area (Å²) in [4.78, 5) is 59.6. The Balaban J connectivity index is 1.21. The molecule has 3 aliphatic rings. The van der Waals surface area contributed by atoms with Crippen LogP contribution in [0.15, 0.2) is 88.9 Å². The summed E-state index contributed by atoms with van der Waals surface area (Å²) in [5.41, 5.74) is 5.20. The highest BCUT2D eigenvalue weighted by Gasteiger charge is 2.60. The normalized spacial score (nSPS) is 22.7. The van der Waals surface area contributed by atoms with Crippen molar-refractivity contribution in [2.45, 2.75) is 33.3 Å². The number of Topliss-reactive ketones (excluding diaryl/α,β-unsaturated/α-hetero) is 1. The molecule has 5 atom stereocenters. The van der Waals surface area contributed by atoms with E-state index in [0.717, 1.165) is 16.5 Å². The summed E-state index contributed by atoms with van der Waals surface area (Å²) in [5.74, 6) is -1.43. The third-order valence-electron chi connectivity index (χ3n) is 9.30. The van der Waals surface area contributed by atoms with Gasteiger partial charge in [-0.05, 0) is 74.9 Å². The zero-order valence-electron chi connectivity index (χ0n) is 24.4. The summed E-state index contributed by atoms with van der Waals surface area (Å²) < 4.78 is 6.47. The number of imide groups is 1. The number of carbonyl (C=O) groups excluding carboxylic acids is 4. The molecule has 0 radical (unpaired) electrons. The quantitative estimate of drug-likeness (QED) is 0.0958. The first-order valence-electron chi connectivity index (χ1n) is 14.7. The molecule has 0 spiro atoms. The van der Waals surface area contributed by atoms with Crippen molar-refractivity contribution >= 4 is 56.1 Å². The minimum Gasteiger partial charge on any atom is -0.451 e. The highest BCUT2D eigenvalue weighted by molar-refractivity contribution is 9.10. The number of pyridine rings is 1. The number of hydrogen-bond acceptors (Lipinski definition) is 6. The lowest BCUT2D eigenvalue weighted by atomic mass is 9.82. The highest BCUT2D eigenvalue weighted by Crippen LogP contribution is 2.56. The van der Waals surface area contributed by atoms with E-state index >= 15 is 0 Å². The Morgan fingerprint density at radius 2 is 1.66 bits per heavy atom. The van der Waals surface area contributed by atoms with Gasteiger partial charge in [0.2, 0.25) is 17.6 Å². The summed E-state index contributed by atoms with van der Waals surface area (Å²) in [7, 11) is 0. The van der Waals surface area contributed by atoms with Gasteiger partial charge in [0.15, 0.2) is 6.10 Å². The van der Waals surface area contributed by atoms with Gasteiger partial charge in [-0.3, -0.25) is 19.3 Å².